The van der Waals surface area contributed by atoms with Crippen LogP contribution in [0, 0.1) is 0 Å². The van der Waals surface area contributed by atoms with E-state index in [4.69, 9.17) is 14.2 Å². The predicted octanol–water partition coefficient (Wildman–Crippen LogP) is 3.11. The van der Waals surface area contributed by atoms with E-state index >= 15 is 0 Å². The summed E-state index contributed by atoms with van der Waals surface area (Å²) in [5.74, 6) is 0.368. The van der Waals surface area contributed by atoms with Gasteiger partial charge in [0.2, 0.25) is 6.79 Å². The Morgan fingerprint density at radius 1 is 1.26 bits per heavy atom. The molecule has 1 aliphatic heterocycles. The van der Waals surface area contributed by atoms with Crippen molar-refractivity contribution in [3.63, 3.8) is 0 Å². The highest BCUT2D eigenvalue weighted by atomic mass is 79.9. The highest BCUT2D eigenvalue weighted by Crippen LogP contribution is 2.37. The van der Waals surface area contributed by atoms with Crippen molar-refractivity contribution in [2.24, 2.45) is 4.99 Å². The number of rotatable bonds is 3. The quantitative estimate of drug-likeness (QED) is 0.575. The SMILES string of the molecule is COC(=O)Cn1c(=NC(=O)c2cccc(Br)c2)sc2cc3c(cc21)OCO3. The summed E-state index contributed by atoms with van der Waals surface area (Å²) < 4.78 is 18.9. The molecule has 0 bridgehead atoms. The number of amides is 1. The first-order valence-corrected chi connectivity index (χ1v) is 9.50. The summed E-state index contributed by atoms with van der Waals surface area (Å²) in [5, 5.41) is 0. The van der Waals surface area contributed by atoms with E-state index in [1.54, 1.807) is 28.8 Å². The molecule has 0 radical (unpaired) electrons. The van der Waals surface area contributed by atoms with Crippen molar-refractivity contribution in [1.82, 2.24) is 4.57 Å². The van der Waals surface area contributed by atoms with Gasteiger partial charge in [0.25, 0.3) is 5.91 Å². The molecule has 7 nitrogen and oxygen atoms in total. The molecular formula is C18H13BrN2O5S. The van der Waals surface area contributed by atoms with E-state index in [0.717, 1.165) is 14.7 Å². The van der Waals surface area contributed by atoms with Crippen molar-refractivity contribution < 1.29 is 23.8 Å². The number of hydrogen-bond donors (Lipinski definition) is 0. The second kappa shape index (κ2) is 7.16. The number of esters is 1. The Balaban J connectivity index is 1.86. The molecule has 9 heteroatoms. The van der Waals surface area contributed by atoms with Gasteiger partial charge in [-0.25, -0.2) is 0 Å². The molecule has 0 N–H and O–H groups in total. The Labute approximate surface area is 165 Å². The maximum atomic E-state index is 12.6. The summed E-state index contributed by atoms with van der Waals surface area (Å²) in [4.78, 5) is 29.1. The van der Waals surface area contributed by atoms with E-state index in [0.29, 0.717) is 21.9 Å². The number of carbonyl (C=O) groups excluding carboxylic acids is 2. The summed E-state index contributed by atoms with van der Waals surface area (Å²) in [5.41, 5.74) is 1.16. The zero-order valence-electron chi connectivity index (χ0n) is 14.1. The lowest BCUT2D eigenvalue weighted by Crippen LogP contribution is -2.22. The molecule has 3 aromatic rings. The van der Waals surface area contributed by atoms with Gasteiger partial charge in [0.05, 0.1) is 17.3 Å². The van der Waals surface area contributed by atoms with Gasteiger partial charge in [0.1, 0.15) is 6.54 Å². The van der Waals surface area contributed by atoms with Gasteiger partial charge in [0.15, 0.2) is 16.3 Å². The zero-order chi connectivity index (χ0) is 19.0. The van der Waals surface area contributed by atoms with Crippen LogP contribution in [0.4, 0.5) is 0 Å². The summed E-state index contributed by atoms with van der Waals surface area (Å²) in [6.45, 7) is 0.0863. The fraction of sp³-hybridized carbons (Fsp3) is 0.167. The van der Waals surface area contributed by atoms with Gasteiger partial charge < -0.3 is 18.8 Å². The van der Waals surface area contributed by atoms with E-state index in [9.17, 15) is 9.59 Å². The molecule has 0 fully saturated rings. The molecule has 4 rings (SSSR count). The zero-order valence-corrected chi connectivity index (χ0v) is 16.5. The molecule has 27 heavy (non-hydrogen) atoms. The Morgan fingerprint density at radius 2 is 2.04 bits per heavy atom. The molecule has 0 aliphatic carbocycles. The van der Waals surface area contributed by atoms with Crippen molar-refractivity contribution in [2.45, 2.75) is 6.54 Å². The highest BCUT2D eigenvalue weighted by Gasteiger charge is 2.19. The van der Waals surface area contributed by atoms with Crippen LogP contribution in [0.2, 0.25) is 0 Å². The Morgan fingerprint density at radius 3 is 2.78 bits per heavy atom. The molecule has 1 amide bonds. The standard InChI is InChI=1S/C18H13BrN2O5S/c1-24-16(22)8-21-12-6-13-14(26-9-25-13)7-15(12)27-18(21)20-17(23)10-3-2-4-11(19)5-10/h2-7H,8-9H2,1H3. The van der Waals surface area contributed by atoms with Crippen molar-refractivity contribution in [2.75, 3.05) is 13.9 Å². The van der Waals surface area contributed by atoms with Gasteiger partial charge in [-0.1, -0.05) is 33.3 Å². The highest BCUT2D eigenvalue weighted by molar-refractivity contribution is 9.10. The van der Waals surface area contributed by atoms with Crippen LogP contribution >= 0.6 is 27.3 Å². The molecule has 0 atom stereocenters. The van der Waals surface area contributed by atoms with Crippen molar-refractivity contribution in [1.29, 1.82) is 0 Å². The number of benzene rings is 2. The van der Waals surface area contributed by atoms with Crippen LogP contribution in [0.1, 0.15) is 10.4 Å². The number of aromatic nitrogens is 1. The van der Waals surface area contributed by atoms with Gasteiger partial charge in [0, 0.05) is 22.2 Å². The number of thiazole rings is 1. The minimum Gasteiger partial charge on any atom is -0.468 e. The van der Waals surface area contributed by atoms with Crippen LogP contribution in [0.15, 0.2) is 45.9 Å². The first-order chi connectivity index (χ1) is 13.0. The fourth-order valence-electron chi connectivity index (χ4n) is 2.66. The van der Waals surface area contributed by atoms with E-state index in [-0.39, 0.29) is 13.3 Å². The maximum Gasteiger partial charge on any atom is 0.325 e. The minimum absolute atomic E-state index is 0.0687. The maximum absolute atomic E-state index is 12.6. The Bertz CT molecular complexity index is 1130. The molecule has 0 saturated carbocycles. The number of methoxy groups -OCH3 is 1. The molecule has 0 saturated heterocycles. The smallest absolute Gasteiger partial charge is 0.325 e. The van der Waals surface area contributed by atoms with E-state index < -0.39 is 11.9 Å². The van der Waals surface area contributed by atoms with Gasteiger partial charge >= 0.3 is 5.97 Å². The fourth-order valence-corrected chi connectivity index (χ4v) is 4.10. The molecule has 1 aromatic heterocycles. The van der Waals surface area contributed by atoms with Crippen molar-refractivity contribution >= 4 is 49.4 Å². The number of halogens is 1. The average molecular weight is 449 g/mol. The Hall–Kier alpha value is -2.65. The van der Waals surface area contributed by atoms with Crippen LogP contribution in [0.25, 0.3) is 10.2 Å². The molecule has 2 aromatic carbocycles. The van der Waals surface area contributed by atoms with Crippen LogP contribution in [-0.2, 0) is 16.1 Å². The van der Waals surface area contributed by atoms with Crippen LogP contribution in [0.3, 0.4) is 0 Å². The first kappa shape index (κ1) is 17.7. The van der Waals surface area contributed by atoms with Crippen molar-refractivity contribution in [3.8, 4) is 11.5 Å². The summed E-state index contributed by atoms with van der Waals surface area (Å²) in [6.07, 6.45) is 0. The predicted molar refractivity (Wildman–Crippen MR) is 102 cm³/mol. The average Bonchev–Trinajstić information content (AvgIpc) is 3.24. The number of fused-ring (bicyclic) bond motifs is 2. The summed E-state index contributed by atoms with van der Waals surface area (Å²) in [7, 11) is 1.32. The number of hydrogen-bond acceptors (Lipinski definition) is 6. The number of nitrogens with zero attached hydrogens (tertiary/aromatic N) is 2. The normalized spacial score (nSPS) is 13.2. The topological polar surface area (TPSA) is 79.1 Å². The number of carbonyl (C=O) groups is 2. The van der Waals surface area contributed by atoms with Gasteiger partial charge in [-0.05, 0) is 18.2 Å². The molecular weight excluding hydrogens is 436 g/mol. The lowest BCUT2D eigenvalue weighted by molar-refractivity contribution is -0.141. The van der Waals surface area contributed by atoms with E-state index in [1.807, 2.05) is 12.1 Å². The number of ether oxygens (including phenoxy) is 3. The summed E-state index contributed by atoms with van der Waals surface area (Å²) in [6, 6.07) is 10.6. The second-order valence-corrected chi connectivity index (χ2v) is 7.57. The molecule has 138 valence electrons. The summed E-state index contributed by atoms with van der Waals surface area (Å²) >= 11 is 4.64. The lowest BCUT2D eigenvalue weighted by Gasteiger charge is -2.04. The first-order valence-electron chi connectivity index (χ1n) is 7.89. The Kier molecular flexibility index (Phi) is 4.71. The van der Waals surface area contributed by atoms with Gasteiger partial charge in [-0.15, -0.1) is 0 Å². The molecule has 0 unspecified atom stereocenters. The monoisotopic (exact) mass is 448 g/mol. The van der Waals surface area contributed by atoms with E-state index in [1.165, 1.54) is 18.4 Å². The van der Waals surface area contributed by atoms with Gasteiger partial charge in [-0.3, -0.25) is 9.59 Å². The van der Waals surface area contributed by atoms with Crippen LogP contribution in [0.5, 0.6) is 11.5 Å². The third kappa shape index (κ3) is 3.47. The van der Waals surface area contributed by atoms with Crippen molar-refractivity contribution in [3.05, 3.63) is 51.2 Å². The lowest BCUT2D eigenvalue weighted by atomic mass is 10.2. The second-order valence-electron chi connectivity index (χ2n) is 5.65. The molecule has 0 spiro atoms. The molecule has 1 aliphatic rings. The third-order valence-electron chi connectivity index (χ3n) is 3.96. The van der Waals surface area contributed by atoms with E-state index in [2.05, 4.69) is 20.9 Å². The molecule has 2 heterocycles. The largest absolute Gasteiger partial charge is 0.468 e. The van der Waals surface area contributed by atoms with Crippen LogP contribution in [-0.4, -0.2) is 30.3 Å². The van der Waals surface area contributed by atoms with Crippen LogP contribution < -0.4 is 14.3 Å². The minimum atomic E-state index is -0.441. The third-order valence-corrected chi connectivity index (χ3v) is 5.50. The van der Waals surface area contributed by atoms with Gasteiger partial charge in [-0.2, -0.15) is 4.99 Å².